The molecule has 2 N–H and O–H groups in total. The number of rotatable bonds is 4. The Balaban J connectivity index is 1.84. The second kappa shape index (κ2) is 7.55. The number of hydrogen-bond acceptors (Lipinski definition) is 3. The lowest BCUT2D eigenvalue weighted by atomic mass is 10.2. The van der Waals surface area contributed by atoms with Crippen LogP contribution in [0.15, 0.2) is 70.3 Å². The van der Waals surface area contributed by atoms with E-state index in [1.54, 1.807) is 30.3 Å². The Labute approximate surface area is 156 Å². The van der Waals surface area contributed by atoms with Crippen molar-refractivity contribution in [1.82, 2.24) is 9.55 Å². The molecule has 2 aromatic carbocycles. The first-order valence-corrected chi connectivity index (χ1v) is 8.11. The summed E-state index contributed by atoms with van der Waals surface area (Å²) in [6.07, 6.45) is -4.56. The normalized spacial score (nSPS) is 11.2. The molecule has 9 heteroatoms. The van der Waals surface area contributed by atoms with Gasteiger partial charge in [0.15, 0.2) is 0 Å². The second-order valence-corrected chi connectivity index (χ2v) is 5.93. The van der Waals surface area contributed by atoms with Crippen LogP contribution in [0.25, 0.3) is 0 Å². The molecule has 0 saturated heterocycles. The minimum Gasteiger partial charge on any atom is -0.321 e. The first-order valence-electron chi connectivity index (χ1n) is 8.11. The first-order chi connectivity index (χ1) is 13.2. The standard InChI is InChI=1S/C19H14F3N3O3/c20-19(21,22)13-7-4-8-14(9-13)23-17(27)15-10-16(26)25(18(28)24-15)11-12-5-2-1-3-6-12/h1-10H,11H2,(H,23,27)(H,24,28). The van der Waals surface area contributed by atoms with E-state index in [2.05, 4.69) is 10.3 Å². The van der Waals surface area contributed by atoms with E-state index in [9.17, 15) is 27.6 Å². The van der Waals surface area contributed by atoms with Crippen molar-refractivity contribution < 1.29 is 18.0 Å². The molecule has 1 amide bonds. The molecular weight excluding hydrogens is 375 g/mol. The number of benzene rings is 2. The molecule has 144 valence electrons. The van der Waals surface area contributed by atoms with Crippen LogP contribution < -0.4 is 16.6 Å². The molecule has 0 aliphatic carbocycles. The van der Waals surface area contributed by atoms with Gasteiger partial charge in [0.05, 0.1) is 12.1 Å². The van der Waals surface area contributed by atoms with Crippen LogP contribution in [0.1, 0.15) is 21.6 Å². The number of amides is 1. The van der Waals surface area contributed by atoms with Gasteiger partial charge in [-0.3, -0.25) is 14.2 Å². The molecular formula is C19H14F3N3O3. The van der Waals surface area contributed by atoms with Crippen LogP contribution in [0.4, 0.5) is 18.9 Å². The maximum Gasteiger partial charge on any atom is 0.416 e. The first kappa shape index (κ1) is 19.2. The smallest absolute Gasteiger partial charge is 0.321 e. The summed E-state index contributed by atoms with van der Waals surface area (Å²) < 4.78 is 39.2. The Morgan fingerprint density at radius 1 is 1.00 bits per heavy atom. The quantitative estimate of drug-likeness (QED) is 0.720. The number of halogens is 3. The molecule has 0 aliphatic heterocycles. The zero-order valence-corrected chi connectivity index (χ0v) is 14.3. The number of carbonyl (C=O) groups excluding carboxylic acids is 1. The molecule has 0 saturated carbocycles. The summed E-state index contributed by atoms with van der Waals surface area (Å²) >= 11 is 0. The zero-order valence-electron chi connectivity index (χ0n) is 14.3. The van der Waals surface area contributed by atoms with E-state index in [-0.39, 0.29) is 17.9 Å². The Morgan fingerprint density at radius 2 is 1.71 bits per heavy atom. The molecule has 6 nitrogen and oxygen atoms in total. The highest BCUT2D eigenvalue weighted by Crippen LogP contribution is 2.30. The highest BCUT2D eigenvalue weighted by Gasteiger charge is 2.30. The number of nitrogens with one attached hydrogen (secondary N) is 2. The Morgan fingerprint density at radius 3 is 2.36 bits per heavy atom. The Bertz CT molecular complexity index is 1090. The van der Waals surface area contributed by atoms with E-state index in [0.717, 1.165) is 34.4 Å². The average molecular weight is 389 g/mol. The molecule has 0 bridgehead atoms. The van der Waals surface area contributed by atoms with Crippen molar-refractivity contribution in [2.75, 3.05) is 5.32 Å². The van der Waals surface area contributed by atoms with Crippen LogP contribution >= 0.6 is 0 Å². The largest absolute Gasteiger partial charge is 0.416 e. The van der Waals surface area contributed by atoms with Crippen LogP contribution in [0, 0.1) is 0 Å². The lowest BCUT2D eigenvalue weighted by molar-refractivity contribution is -0.137. The van der Waals surface area contributed by atoms with Crippen LogP contribution in [0.3, 0.4) is 0 Å². The van der Waals surface area contributed by atoms with Crippen molar-refractivity contribution in [2.24, 2.45) is 0 Å². The van der Waals surface area contributed by atoms with Gasteiger partial charge in [-0.2, -0.15) is 13.2 Å². The molecule has 28 heavy (non-hydrogen) atoms. The number of aromatic amines is 1. The average Bonchev–Trinajstić information content (AvgIpc) is 2.65. The van der Waals surface area contributed by atoms with E-state index >= 15 is 0 Å². The van der Waals surface area contributed by atoms with Crippen LogP contribution in [-0.4, -0.2) is 15.5 Å². The summed E-state index contributed by atoms with van der Waals surface area (Å²) in [5.74, 6) is -0.902. The van der Waals surface area contributed by atoms with Gasteiger partial charge >= 0.3 is 11.9 Å². The van der Waals surface area contributed by atoms with Crippen molar-refractivity contribution in [2.45, 2.75) is 12.7 Å². The molecule has 0 aliphatic rings. The molecule has 0 radical (unpaired) electrons. The van der Waals surface area contributed by atoms with Crippen molar-refractivity contribution in [3.8, 4) is 0 Å². The third kappa shape index (κ3) is 4.37. The fourth-order valence-electron chi connectivity index (χ4n) is 2.53. The van der Waals surface area contributed by atoms with Gasteiger partial charge in [0.2, 0.25) is 0 Å². The summed E-state index contributed by atoms with van der Waals surface area (Å²) in [4.78, 5) is 38.9. The molecule has 0 atom stereocenters. The molecule has 3 aromatic rings. The third-order valence-corrected chi connectivity index (χ3v) is 3.90. The lowest BCUT2D eigenvalue weighted by Crippen LogP contribution is -2.37. The van der Waals surface area contributed by atoms with Gasteiger partial charge in [-0.15, -0.1) is 0 Å². The zero-order chi connectivity index (χ0) is 20.3. The molecule has 0 fully saturated rings. The molecule has 3 rings (SSSR count). The van der Waals surface area contributed by atoms with Crippen LogP contribution in [-0.2, 0) is 12.7 Å². The van der Waals surface area contributed by atoms with Crippen LogP contribution in [0.5, 0.6) is 0 Å². The summed E-state index contributed by atoms with van der Waals surface area (Å²) in [6, 6.07) is 13.7. The fourth-order valence-corrected chi connectivity index (χ4v) is 2.53. The number of H-pyrrole nitrogens is 1. The molecule has 1 aromatic heterocycles. The van der Waals surface area contributed by atoms with Crippen molar-refractivity contribution >= 4 is 11.6 Å². The summed E-state index contributed by atoms with van der Waals surface area (Å²) in [6.45, 7) is 0.0184. The van der Waals surface area contributed by atoms with Gasteiger partial charge in [0, 0.05) is 11.8 Å². The topological polar surface area (TPSA) is 84.0 Å². The van der Waals surface area contributed by atoms with Crippen molar-refractivity contribution in [3.63, 3.8) is 0 Å². The highest BCUT2D eigenvalue weighted by atomic mass is 19.4. The predicted molar refractivity (Wildman–Crippen MR) is 96.3 cm³/mol. The maximum atomic E-state index is 12.8. The number of nitrogens with zero attached hydrogens (tertiary/aromatic N) is 1. The summed E-state index contributed by atoms with van der Waals surface area (Å²) in [7, 11) is 0. The Kier molecular flexibility index (Phi) is 5.16. The number of anilines is 1. The van der Waals surface area contributed by atoms with Gasteiger partial charge in [-0.25, -0.2) is 4.79 Å². The number of aromatic nitrogens is 2. The van der Waals surface area contributed by atoms with Crippen molar-refractivity contribution in [3.05, 3.63) is 98.3 Å². The second-order valence-electron chi connectivity index (χ2n) is 5.93. The third-order valence-electron chi connectivity index (χ3n) is 3.90. The Hall–Kier alpha value is -3.62. The minimum absolute atomic E-state index is 0.0184. The van der Waals surface area contributed by atoms with E-state index in [1.165, 1.54) is 6.07 Å². The van der Waals surface area contributed by atoms with E-state index in [1.807, 2.05) is 0 Å². The summed E-state index contributed by atoms with van der Waals surface area (Å²) in [5.41, 5.74) is -2.19. The molecule has 0 spiro atoms. The van der Waals surface area contributed by atoms with E-state index in [4.69, 9.17) is 0 Å². The fraction of sp³-hybridized carbons (Fsp3) is 0.105. The van der Waals surface area contributed by atoms with Gasteiger partial charge in [0.25, 0.3) is 11.5 Å². The van der Waals surface area contributed by atoms with Gasteiger partial charge in [-0.1, -0.05) is 36.4 Å². The number of alkyl halides is 3. The van der Waals surface area contributed by atoms with Gasteiger partial charge in [-0.05, 0) is 23.8 Å². The van der Waals surface area contributed by atoms with E-state index < -0.39 is 28.9 Å². The minimum atomic E-state index is -4.56. The maximum absolute atomic E-state index is 12.8. The van der Waals surface area contributed by atoms with Gasteiger partial charge in [0.1, 0.15) is 5.69 Å². The van der Waals surface area contributed by atoms with Crippen LogP contribution in [0.2, 0.25) is 0 Å². The van der Waals surface area contributed by atoms with Crippen molar-refractivity contribution in [1.29, 1.82) is 0 Å². The summed E-state index contributed by atoms with van der Waals surface area (Å²) in [5, 5.41) is 2.24. The van der Waals surface area contributed by atoms with E-state index in [0.29, 0.717) is 0 Å². The molecule has 0 unspecified atom stereocenters. The predicted octanol–water partition coefficient (Wildman–Crippen LogP) is 2.86. The monoisotopic (exact) mass is 389 g/mol. The number of carbonyl (C=O) groups is 1. The molecule has 1 heterocycles. The number of hydrogen-bond donors (Lipinski definition) is 2. The highest BCUT2D eigenvalue weighted by molar-refractivity contribution is 6.02. The van der Waals surface area contributed by atoms with Gasteiger partial charge < -0.3 is 10.3 Å². The SMILES string of the molecule is O=C(Nc1cccc(C(F)(F)F)c1)c1cc(=O)n(Cc2ccccc2)c(=O)[nH]1. The lowest BCUT2D eigenvalue weighted by Gasteiger charge is -2.10.